The van der Waals surface area contributed by atoms with Crippen LogP contribution in [0.3, 0.4) is 0 Å². The molecule has 0 bridgehead atoms. The lowest BCUT2D eigenvalue weighted by atomic mass is 10.2. The SMILES string of the molecule is C[C@H](Oc1ccc([N+](=O)[O-])cc1)c1ccnc2ncnn12. The molecule has 0 aliphatic carbocycles. The van der Waals surface area contributed by atoms with Crippen LogP contribution in [0.15, 0.2) is 42.9 Å². The van der Waals surface area contributed by atoms with E-state index in [4.69, 9.17) is 4.74 Å². The van der Waals surface area contributed by atoms with Gasteiger partial charge in [-0.1, -0.05) is 0 Å². The van der Waals surface area contributed by atoms with Crippen LogP contribution in [0.2, 0.25) is 0 Å². The molecule has 0 aliphatic heterocycles. The Bertz CT molecular complexity index is 784. The first-order valence-electron chi connectivity index (χ1n) is 6.21. The largest absolute Gasteiger partial charge is 0.484 e. The first kappa shape index (κ1) is 13.0. The van der Waals surface area contributed by atoms with Crippen LogP contribution in [-0.4, -0.2) is 24.5 Å². The minimum Gasteiger partial charge on any atom is -0.484 e. The summed E-state index contributed by atoms with van der Waals surface area (Å²) in [5, 5.41) is 14.7. The van der Waals surface area contributed by atoms with Crippen molar-refractivity contribution in [3.63, 3.8) is 0 Å². The number of nitrogens with zero attached hydrogens (tertiary/aromatic N) is 5. The molecule has 3 aromatic rings. The fraction of sp³-hybridized carbons (Fsp3) is 0.154. The second-order valence-corrected chi connectivity index (χ2v) is 4.35. The van der Waals surface area contributed by atoms with E-state index in [0.29, 0.717) is 11.5 Å². The van der Waals surface area contributed by atoms with Gasteiger partial charge < -0.3 is 4.74 Å². The quantitative estimate of drug-likeness (QED) is 0.538. The average molecular weight is 285 g/mol. The zero-order valence-electron chi connectivity index (χ0n) is 11.1. The third-order valence-electron chi connectivity index (χ3n) is 2.99. The Morgan fingerprint density at radius 1 is 1.24 bits per heavy atom. The fourth-order valence-electron chi connectivity index (χ4n) is 1.98. The number of hydrogen-bond donors (Lipinski definition) is 0. The van der Waals surface area contributed by atoms with Crippen LogP contribution >= 0.6 is 0 Å². The lowest BCUT2D eigenvalue weighted by molar-refractivity contribution is -0.384. The van der Waals surface area contributed by atoms with E-state index >= 15 is 0 Å². The second kappa shape index (κ2) is 5.16. The van der Waals surface area contributed by atoms with E-state index in [9.17, 15) is 10.1 Å². The van der Waals surface area contributed by atoms with Crippen molar-refractivity contribution in [2.75, 3.05) is 0 Å². The van der Waals surface area contributed by atoms with Gasteiger partial charge in [0.05, 0.1) is 10.6 Å². The highest BCUT2D eigenvalue weighted by atomic mass is 16.6. The van der Waals surface area contributed by atoms with Crippen LogP contribution in [0.25, 0.3) is 5.78 Å². The third kappa shape index (κ3) is 2.50. The van der Waals surface area contributed by atoms with Crippen molar-refractivity contribution in [2.45, 2.75) is 13.0 Å². The normalized spacial score (nSPS) is 12.2. The van der Waals surface area contributed by atoms with E-state index in [2.05, 4.69) is 15.1 Å². The fourth-order valence-corrected chi connectivity index (χ4v) is 1.98. The molecule has 8 nitrogen and oxygen atoms in total. The van der Waals surface area contributed by atoms with E-state index < -0.39 is 4.92 Å². The van der Waals surface area contributed by atoms with E-state index in [1.165, 1.54) is 18.5 Å². The molecule has 1 aromatic carbocycles. The topological polar surface area (TPSA) is 95.5 Å². The summed E-state index contributed by atoms with van der Waals surface area (Å²) < 4.78 is 7.37. The predicted molar refractivity (Wildman–Crippen MR) is 72.9 cm³/mol. The number of rotatable bonds is 4. The Labute approximate surface area is 119 Å². The van der Waals surface area contributed by atoms with Crippen LogP contribution < -0.4 is 4.74 Å². The number of nitro benzene ring substituents is 1. The molecule has 2 aromatic heterocycles. The Hall–Kier alpha value is -3.03. The molecule has 2 heterocycles. The average Bonchev–Trinajstić information content (AvgIpc) is 2.96. The molecule has 0 fully saturated rings. The monoisotopic (exact) mass is 285 g/mol. The van der Waals surface area contributed by atoms with Crippen molar-refractivity contribution >= 4 is 11.5 Å². The molecule has 0 unspecified atom stereocenters. The molecule has 0 saturated heterocycles. The first-order chi connectivity index (χ1) is 10.1. The van der Waals surface area contributed by atoms with Gasteiger partial charge >= 0.3 is 0 Å². The summed E-state index contributed by atoms with van der Waals surface area (Å²) in [6.45, 7) is 1.86. The molecule has 0 aliphatic rings. The van der Waals surface area contributed by atoms with Gasteiger partial charge in [-0.3, -0.25) is 10.1 Å². The summed E-state index contributed by atoms with van der Waals surface area (Å²) in [5.74, 6) is 1.03. The zero-order chi connectivity index (χ0) is 14.8. The Morgan fingerprint density at radius 2 is 2.00 bits per heavy atom. The lowest BCUT2D eigenvalue weighted by Crippen LogP contribution is -2.10. The van der Waals surface area contributed by atoms with Crippen LogP contribution in [0.5, 0.6) is 5.75 Å². The summed E-state index contributed by atoms with van der Waals surface area (Å²) in [7, 11) is 0. The van der Waals surface area contributed by atoms with Crippen LogP contribution in [0.1, 0.15) is 18.7 Å². The molecule has 0 saturated carbocycles. The molecule has 0 radical (unpaired) electrons. The minimum atomic E-state index is -0.449. The van der Waals surface area contributed by atoms with Crippen molar-refractivity contribution < 1.29 is 9.66 Å². The molecule has 3 rings (SSSR count). The third-order valence-corrected chi connectivity index (χ3v) is 2.99. The van der Waals surface area contributed by atoms with E-state index in [0.717, 1.165) is 5.69 Å². The van der Waals surface area contributed by atoms with Gasteiger partial charge in [-0.05, 0) is 25.1 Å². The van der Waals surface area contributed by atoms with Gasteiger partial charge in [0.15, 0.2) is 0 Å². The van der Waals surface area contributed by atoms with Crippen molar-refractivity contribution in [1.29, 1.82) is 0 Å². The highest BCUT2D eigenvalue weighted by Crippen LogP contribution is 2.23. The van der Waals surface area contributed by atoms with Crippen molar-refractivity contribution in [2.24, 2.45) is 0 Å². The maximum absolute atomic E-state index is 10.6. The van der Waals surface area contributed by atoms with Crippen LogP contribution in [-0.2, 0) is 0 Å². The molecule has 106 valence electrons. The van der Waals surface area contributed by atoms with Gasteiger partial charge in [-0.25, -0.2) is 4.98 Å². The molecule has 1 atom stereocenters. The highest BCUT2D eigenvalue weighted by molar-refractivity contribution is 5.36. The van der Waals surface area contributed by atoms with Gasteiger partial charge in [-0.2, -0.15) is 14.6 Å². The Morgan fingerprint density at radius 3 is 2.71 bits per heavy atom. The number of benzene rings is 1. The first-order valence-corrected chi connectivity index (χ1v) is 6.21. The lowest BCUT2D eigenvalue weighted by Gasteiger charge is -2.15. The number of fused-ring (bicyclic) bond motifs is 1. The van der Waals surface area contributed by atoms with Gasteiger partial charge in [0, 0.05) is 18.3 Å². The summed E-state index contributed by atoms with van der Waals surface area (Å²) in [6.07, 6.45) is 2.75. The summed E-state index contributed by atoms with van der Waals surface area (Å²) in [5.41, 5.74) is 0.813. The molecular weight excluding hydrogens is 274 g/mol. The molecular formula is C13H11N5O3. The van der Waals surface area contributed by atoms with Gasteiger partial charge in [0.1, 0.15) is 18.2 Å². The van der Waals surface area contributed by atoms with E-state index in [1.807, 2.05) is 6.92 Å². The molecule has 0 amide bonds. The summed E-state index contributed by atoms with van der Waals surface area (Å²) >= 11 is 0. The molecule has 0 N–H and O–H groups in total. The van der Waals surface area contributed by atoms with Crippen molar-refractivity contribution in [3.8, 4) is 5.75 Å². The van der Waals surface area contributed by atoms with E-state index in [1.54, 1.807) is 28.9 Å². The Balaban J connectivity index is 1.84. The van der Waals surface area contributed by atoms with E-state index in [-0.39, 0.29) is 11.8 Å². The molecule has 0 spiro atoms. The number of ether oxygens (including phenoxy) is 1. The molecule has 8 heteroatoms. The maximum atomic E-state index is 10.6. The van der Waals surface area contributed by atoms with Crippen LogP contribution in [0, 0.1) is 10.1 Å². The predicted octanol–water partition coefficient (Wildman–Crippen LogP) is 2.17. The second-order valence-electron chi connectivity index (χ2n) is 4.35. The maximum Gasteiger partial charge on any atom is 0.269 e. The van der Waals surface area contributed by atoms with Gasteiger partial charge in [-0.15, -0.1) is 0 Å². The Kier molecular flexibility index (Phi) is 3.19. The van der Waals surface area contributed by atoms with Crippen LogP contribution in [0.4, 0.5) is 5.69 Å². The number of hydrogen-bond acceptors (Lipinski definition) is 6. The standard InChI is InChI=1S/C13H11N5O3/c1-9(12-6-7-14-13-15-8-16-17(12)13)21-11-4-2-10(3-5-11)18(19)20/h2-9H,1H3/t9-/m0/s1. The highest BCUT2D eigenvalue weighted by Gasteiger charge is 2.13. The number of non-ortho nitro benzene ring substituents is 1. The molecule has 21 heavy (non-hydrogen) atoms. The minimum absolute atomic E-state index is 0.0255. The van der Waals surface area contributed by atoms with Crippen molar-refractivity contribution in [3.05, 3.63) is 58.7 Å². The zero-order valence-corrected chi connectivity index (χ0v) is 11.1. The number of aromatic nitrogens is 4. The van der Waals surface area contributed by atoms with Crippen molar-refractivity contribution in [1.82, 2.24) is 19.6 Å². The van der Waals surface area contributed by atoms with Gasteiger partial charge in [0.25, 0.3) is 11.5 Å². The number of nitro groups is 1. The smallest absolute Gasteiger partial charge is 0.269 e. The summed E-state index contributed by atoms with van der Waals surface area (Å²) in [4.78, 5) is 18.3. The van der Waals surface area contributed by atoms with Gasteiger partial charge in [0.2, 0.25) is 0 Å². The summed E-state index contributed by atoms with van der Waals surface area (Å²) in [6, 6.07) is 7.72.